The first-order valence-corrected chi connectivity index (χ1v) is 11.8. The smallest absolute Gasteiger partial charge is 0.403 e. The Balaban J connectivity index is 1.36. The molecular weight excluding hydrogens is 507 g/mol. The van der Waals surface area contributed by atoms with Gasteiger partial charge in [-0.15, -0.1) is 13.2 Å². The first kappa shape index (κ1) is 25.0. The highest BCUT2D eigenvalue weighted by atomic mass is 35.5. The summed E-state index contributed by atoms with van der Waals surface area (Å²) in [4.78, 5) is 4.05. The minimum Gasteiger partial charge on any atom is -0.403 e. The third-order valence-electron chi connectivity index (χ3n) is 7.31. The zero-order valence-electron chi connectivity index (χ0n) is 18.8. The van der Waals surface area contributed by atoms with E-state index in [2.05, 4.69) is 9.72 Å². The Labute approximate surface area is 208 Å². The number of ether oxygens (including phenoxy) is 1. The van der Waals surface area contributed by atoms with Gasteiger partial charge in [0.05, 0.1) is 41.0 Å². The van der Waals surface area contributed by atoms with Crippen molar-refractivity contribution in [3.8, 4) is 17.0 Å². The Hall–Kier alpha value is -2.69. The molecule has 192 valence electrons. The average Bonchev–Trinajstić information content (AvgIpc) is 3.40. The molecule has 5 rings (SSSR count). The van der Waals surface area contributed by atoms with E-state index in [1.807, 2.05) is 0 Å². The van der Waals surface area contributed by atoms with Crippen LogP contribution in [0.1, 0.15) is 55.2 Å². The number of fused-ring (bicyclic) bond motifs is 3. The molecule has 2 unspecified atom stereocenters. The summed E-state index contributed by atoms with van der Waals surface area (Å²) < 4.78 is 72.5. The number of aliphatic hydroxyl groups excluding tert-OH is 1. The molecule has 2 N–H and O–H groups in total. The molecule has 0 radical (unpaired) electrons. The van der Waals surface area contributed by atoms with Gasteiger partial charge in [0, 0.05) is 17.5 Å². The zero-order valence-corrected chi connectivity index (χ0v) is 19.5. The van der Waals surface area contributed by atoms with Crippen molar-refractivity contribution in [3.05, 3.63) is 70.6 Å². The lowest BCUT2D eigenvalue weighted by molar-refractivity contribution is -0.275. The van der Waals surface area contributed by atoms with Crippen molar-refractivity contribution in [2.75, 3.05) is 0 Å². The second-order valence-corrected chi connectivity index (χ2v) is 9.80. The SMILES string of the molecule is OC(CC1c2c(ccc(OC(F)(F)F)c2F)-c2cncn21)C1(O)CCC(c2ccc(F)c(Cl)c2)CC1. The van der Waals surface area contributed by atoms with Gasteiger partial charge < -0.3 is 19.5 Å². The van der Waals surface area contributed by atoms with Crippen molar-refractivity contribution < 1.29 is 36.9 Å². The Bertz CT molecular complexity index is 1290. The third-order valence-corrected chi connectivity index (χ3v) is 7.60. The summed E-state index contributed by atoms with van der Waals surface area (Å²) in [6, 6.07) is 5.84. The topological polar surface area (TPSA) is 67.5 Å². The second-order valence-electron chi connectivity index (χ2n) is 9.39. The number of benzene rings is 2. The molecule has 0 bridgehead atoms. The Morgan fingerprint density at radius 3 is 2.56 bits per heavy atom. The third kappa shape index (κ3) is 4.46. The number of aliphatic hydroxyl groups is 2. The molecule has 2 aromatic carbocycles. The molecular formula is C25H22ClF5N2O3. The van der Waals surface area contributed by atoms with Crippen molar-refractivity contribution in [1.82, 2.24) is 9.55 Å². The van der Waals surface area contributed by atoms with E-state index in [4.69, 9.17) is 11.6 Å². The lowest BCUT2D eigenvalue weighted by Gasteiger charge is -2.40. The van der Waals surface area contributed by atoms with E-state index in [0.717, 1.165) is 11.6 Å². The van der Waals surface area contributed by atoms with E-state index in [1.165, 1.54) is 24.7 Å². The molecule has 0 amide bonds. The monoisotopic (exact) mass is 528 g/mol. The van der Waals surface area contributed by atoms with Crippen LogP contribution in [0.25, 0.3) is 11.3 Å². The van der Waals surface area contributed by atoms with Crippen molar-refractivity contribution in [2.45, 2.75) is 62.1 Å². The van der Waals surface area contributed by atoms with Crippen LogP contribution in [0.2, 0.25) is 5.02 Å². The number of alkyl halides is 3. The second kappa shape index (κ2) is 9.00. The Morgan fingerprint density at radius 1 is 1.17 bits per heavy atom. The van der Waals surface area contributed by atoms with Crippen LogP contribution in [0.5, 0.6) is 5.75 Å². The largest absolute Gasteiger partial charge is 0.573 e. The number of hydrogen-bond donors (Lipinski definition) is 2. The van der Waals surface area contributed by atoms with Gasteiger partial charge in [-0.2, -0.15) is 0 Å². The first-order valence-electron chi connectivity index (χ1n) is 11.4. The van der Waals surface area contributed by atoms with Gasteiger partial charge in [0.15, 0.2) is 11.6 Å². The van der Waals surface area contributed by atoms with Gasteiger partial charge in [0.1, 0.15) is 5.82 Å². The summed E-state index contributed by atoms with van der Waals surface area (Å²) in [6.45, 7) is 0. The predicted octanol–water partition coefficient (Wildman–Crippen LogP) is 6.12. The molecule has 2 atom stereocenters. The van der Waals surface area contributed by atoms with Gasteiger partial charge >= 0.3 is 6.36 Å². The highest BCUT2D eigenvalue weighted by molar-refractivity contribution is 6.30. The van der Waals surface area contributed by atoms with Gasteiger partial charge in [0.25, 0.3) is 0 Å². The fourth-order valence-electron chi connectivity index (χ4n) is 5.44. The molecule has 0 spiro atoms. The number of imidazole rings is 1. The van der Waals surface area contributed by atoms with Gasteiger partial charge in [-0.3, -0.25) is 0 Å². The van der Waals surface area contributed by atoms with Crippen LogP contribution < -0.4 is 4.74 Å². The average molecular weight is 529 g/mol. The van der Waals surface area contributed by atoms with E-state index in [-0.39, 0.29) is 35.8 Å². The Kier molecular flexibility index (Phi) is 6.25. The quantitative estimate of drug-likeness (QED) is 0.391. The van der Waals surface area contributed by atoms with Gasteiger partial charge in [-0.05, 0) is 61.4 Å². The van der Waals surface area contributed by atoms with Crippen molar-refractivity contribution in [3.63, 3.8) is 0 Å². The molecule has 2 heterocycles. The van der Waals surface area contributed by atoms with Gasteiger partial charge in [0.2, 0.25) is 0 Å². The molecule has 0 saturated heterocycles. The molecule has 1 aromatic heterocycles. The standard InChI is InChI=1S/C25H22ClF5N2O3/c26-16-9-14(1-3-17(16)27)13-5-7-24(35,8-6-13)21(34)10-18-22-15(19-11-32-12-33(18)19)2-4-20(23(22)28)36-25(29,30)31/h1-4,9,11-13,18,21,34-35H,5-8,10H2. The number of nitrogens with zero attached hydrogens (tertiary/aromatic N) is 2. The van der Waals surface area contributed by atoms with E-state index >= 15 is 4.39 Å². The molecule has 1 aliphatic carbocycles. The Morgan fingerprint density at radius 2 is 1.89 bits per heavy atom. The zero-order chi connectivity index (χ0) is 25.8. The van der Waals surface area contributed by atoms with Crippen LogP contribution in [0.15, 0.2) is 42.9 Å². The lowest BCUT2D eigenvalue weighted by atomic mass is 9.72. The maximum Gasteiger partial charge on any atom is 0.573 e. The molecule has 36 heavy (non-hydrogen) atoms. The summed E-state index contributed by atoms with van der Waals surface area (Å²) in [5.74, 6) is -2.64. The number of halogens is 6. The van der Waals surface area contributed by atoms with Crippen LogP contribution in [0, 0.1) is 11.6 Å². The van der Waals surface area contributed by atoms with E-state index in [1.54, 1.807) is 16.7 Å². The first-order chi connectivity index (χ1) is 17.0. The van der Waals surface area contributed by atoms with E-state index in [9.17, 15) is 27.8 Å². The predicted molar refractivity (Wildman–Crippen MR) is 121 cm³/mol. The maximum absolute atomic E-state index is 15.2. The minimum absolute atomic E-state index is 0.0142. The van der Waals surface area contributed by atoms with E-state index < -0.39 is 41.5 Å². The molecule has 1 saturated carbocycles. The lowest BCUT2D eigenvalue weighted by Crippen LogP contribution is -2.46. The number of hydrogen-bond acceptors (Lipinski definition) is 4. The van der Waals surface area contributed by atoms with Gasteiger partial charge in [-0.25, -0.2) is 13.8 Å². The molecule has 1 aliphatic heterocycles. The van der Waals surface area contributed by atoms with Crippen LogP contribution in [-0.4, -0.2) is 37.8 Å². The minimum atomic E-state index is -5.07. The van der Waals surface area contributed by atoms with Crippen LogP contribution in [0.4, 0.5) is 22.0 Å². The molecule has 1 fully saturated rings. The fourth-order valence-corrected chi connectivity index (χ4v) is 5.63. The van der Waals surface area contributed by atoms with Crippen LogP contribution >= 0.6 is 11.6 Å². The highest BCUT2D eigenvalue weighted by Gasteiger charge is 2.44. The highest BCUT2D eigenvalue weighted by Crippen LogP contribution is 2.48. The van der Waals surface area contributed by atoms with Crippen LogP contribution in [-0.2, 0) is 0 Å². The van der Waals surface area contributed by atoms with Crippen molar-refractivity contribution in [2.24, 2.45) is 0 Å². The summed E-state index contributed by atoms with van der Waals surface area (Å²) in [5.41, 5.74) is 0.140. The summed E-state index contributed by atoms with van der Waals surface area (Å²) >= 11 is 5.89. The normalized spacial score (nSPS) is 24.3. The van der Waals surface area contributed by atoms with E-state index in [0.29, 0.717) is 24.1 Å². The fraction of sp³-hybridized carbons (Fsp3) is 0.400. The van der Waals surface area contributed by atoms with Crippen LogP contribution in [0.3, 0.4) is 0 Å². The number of rotatable bonds is 5. The molecule has 5 nitrogen and oxygen atoms in total. The summed E-state index contributed by atoms with van der Waals surface area (Å²) in [5, 5.41) is 22.4. The maximum atomic E-state index is 15.2. The summed E-state index contributed by atoms with van der Waals surface area (Å²) in [6.07, 6.45) is -2.18. The van der Waals surface area contributed by atoms with Crippen molar-refractivity contribution in [1.29, 1.82) is 0 Å². The summed E-state index contributed by atoms with van der Waals surface area (Å²) in [7, 11) is 0. The number of aromatic nitrogens is 2. The molecule has 3 aromatic rings. The molecule has 11 heteroatoms. The van der Waals surface area contributed by atoms with Crippen molar-refractivity contribution >= 4 is 11.6 Å². The van der Waals surface area contributed by atoms with Gasteiger partial charge in [-0.1, -0.05) is 17.7 Å². The molecule has 2 aliphatic rings.